The minimum atomic E-state index is -1.15. The van der Waals surface area contributed by atoms with Crippen LogP contribution in [0, 0.1) is 23.3 Å². The summed E-state index contributed by atoms with van der Waals surface area (Å²) >= 11 is 0.943. The summed E-state index contributed by atoms with van der Waals surface area (Å²) in [5.41, 5.74) is -0.122. The zero-order valence-electron chi connectivity index (χ0n) is 14.9. The van der Waals surface area contributed by atoms with E-state index in [0.717, 1.165) is 35.6 Å². The van der Waals surface area contributed by atoms with Crippen LogP contribution in [0.3, 0.4) is 0 Å². The van der Waals surface area contributed by atoms with Gasteiger partial charge in [0.15, 0.2) is 22.6 Å². The number of anilines is 1. The second kappa shape index (κ2) is 8.85. The number of carbonyl (C=O) groups excluding carboxylic acids is 1. The van der Waals surface area contributed by atoms with Crippen molar-refractivity contribution in [3.8, 4) is 0 Å². The number of amides is 1. The molecule has 1 heterocycles. The third-order valence-electron chi connectivity index (χ3n) is 3.82. The van der Waals surface area contributed by atoms with Crippen LogP contribution in [0.25, 0.3) is 10.2 Å². The average Bonchev–Trinajstić information content (AvgIpc) is 3.01. The summed E-state index contributed by atoms with van der Waals surface area (Å²) in [6.45, 7) is 0.622. The molecule has 10 heteroatoms. The molecule has 4 nitrogen and oxygen atoms in total. The van der Waals surface area contributed by atoms with Gasteiger partial charge in [-0.25, -0.2) is 22.5 Å². The van der Waals surface area contributed by atoms with Crippen molar-refractivity contribution in [1.29, 1.82) is 0 Å². The number of halogens is 5. The minimum Gasteiger partial charge on any atom is -0.308 e. The zero-order valence-corrected chi connectivity index (χ0v) is 16.5. The quantitative estimate of drug-likeness (QED) is 0.556. The second-order valence-corrected chi connectivity index (χ2v) is 7.13. The van der Waals surface area contributed by atoms with Crippen molar-refractivity contribution in [1.82, 2.24) is 9.88 Å². The molecule has 0 radical (unpaired) electrons. The highest BCUT2D eigenvalue weighted by Crippen LogP contribution is 2.32. The fourth-order valence-corrected chi connectivity index (χ4v) is 3.46. The fourth-order valence-electron chi connectivity index (χ4n) is 2.43. The van der Waals surface area contributed by atoms with Gasteiger partial charge in [0.25, 0.3) is 5.91 Å². The molecule has 0 aliphatic carbocycles. The molecule has 150 valence electrons. The Morgan fingerprint density at radius 3 is 2.36 bits per heavy atom. The highest BCUT2D eigenvalue weighted by molar-refractivity contribution is 7.22. The minimum absolute atomic E-state index is 0. The van der Waals surface area contributed by atoms with Gasteiger partial charge in [0.2, 0.25) is 0 Å². The van der Waals surface area contributed by atoms with E-state index < -0.39 is 29.2 Å². The smallest absolute Gasteiger partial charge is 0.260 e. The molecular formula is C18H16ClF4N3OS. The Labute approximate surface area is 168 Å². The molecule has 0 unspecified atom stereocenters. The standard InChI is InChI=1S/C18H15F4N3OS.ClH/c1-24(2)5-6-25(17(26)10-3-4-12(20)13(21)7-10)18-23-16-14(22)8-11(19)9-15(16)27-18;/h3-4,7-9H,5-6H2,1-2H3;1H. The Hall–Kier alpha value is -2.23. The molecule has 0 saturated heterocycles. The number of hydrogen-bond donors (Lipinski definition) is 0. The topological polar surface area (TPSA) is 36.4 Å². The van der Waals surface area contributed by atoms with Crippen molar-refractivity contribution in [2.75, 3.05) is 32.1 Å². The number of thiazole rings is 1. The predicted molar refractivity (Wildman–Crippen MR) is 103 cm³/mol. The first-order chi connectivity index (χ1) is 12.8. The van der Waals surface area contributed by atoms with Gasteiger partial charge in [-0.15, -0.1) is 12.4 Å². The Morgan fingerprint density at radius 1 is 1.00 bits per heavy atom. The van der Waals surface area contributed by atoms with E-state index in [1.807, 2.05) is 4.90 Å². The van der Waals surface area contributed by atoms with Crippen LogP contribution in [-0.4, -0.2) is 43.0 Å². The molecule has 0 atom stereocenters. The first kappa shape index (κ1) is 22.1. The predicted octanol–water partition coefficient (Wildman–Crippen LogP) is 4.48. The molecule has 0 aliphatic rings. The Kier molecular flexibility index (Phi) is 6.97. The summed E-state index contributed by atoms with van der Waals surface area (Å²) in [6.07, 6.45) is 0. The lowest BCUT2D eigenvalue weighted by Crippen LogP contribution is -2.36. The molecule has 1 amide bonds. The van der Waals surface area contributed by atoms with E-state index >= 15 is 0 Å². The lowest BCUT2D eigenvalue weighted by atomic mass is 10.2. The summed E-state index contributed by atoms with van der Waals surface area (Å²) < 4.78 is 54.3. The van der Waals surface area contributed by atoms with Crippen molar-refractivity contribution in [2.45, 2.75) is 0 Å². The maximum Gasteiger partial charge on any atom is 0.260 e. The molecule has 0 spiro atoms. The third-order valence-corrected chi connectivity index (χ3v) is 4.84. The van der Waals surface area contributed by atoms with Crippen LogP contribution in [-0.2, 0) is 0 Å². The molecule has 0 aliphatic heterocycles. The highest BCUT2D eigenvalue weighted by atomic mass is 35.5. The van der Waals surface area contributed by atoms with Gasteiger partial charge in [0, 0.05) is 24.7 Å². The fraction of sp³-hybridized carbons (Fsp3) is 0.222. The molecule has 0 bridgehead atoms. The van der Waals surface area contributed by atoms with E-state index in [9.17, 15) is 22.4 Å². The van der Waals surface area contributed by atoms with Crippen LogP contribution in [0.1, 0.15) is 10.4 Å². The molecule has 1 aromatic heterocycles. The van der Waals surface area contributed by atoms with Gasteiger partial charge in [-0.2, -0.15) is 0 Å². The number of aromatic nitrogens is 1. The number of fused-ring (bicyclic) bond motifs is 1. The largest absolute Gasteiger partial charge is 0.308 e. The summed E-state index contributed by atoms with van der Waals surface area (Å²) in [7, 11) is 3.60. The van der Waals surface area contributed by atoms with Crippen molar-refractivity contribution >= 4 is 45.0 Å². The first-order valence-electron chi connectivity index (χ1n) is 7.93. The van der Waals surface area contributed by atoms with E-state index in [0.29, 0.717) is 12.6 Å². The number of benzene rings is 2. The average molecular weight is 434 g/mol. The SMILES string of the molecule is CN(C)CCN(C(=O)c1ccc(F)c(F)c1)c1nc2c(F)cc(F)cc2s1.Cl. The normalized spacial score (nSPS) is 11.0. The third kappa shape index (κ3) is 4.60. The zero-order chi connectivity index (χ0) is 19.7. The van der Waals surface area contributed by atoms with E-state index in [-0.39, 0.29) is 39.9 Å². The lowest BCUT2D eigenvalue weighted by molar-refractivity contribution is 0.0984. The number of carbonyl (C=O) groups is 1. The van der Waals surface area contributed by atoms with E-state index in [1.54, 1.807) is 14.1 Å². The highest BCUT2D eigenvalue weighted by Gasteiger charge is 2.23. The van der Waals surface area contributed by atoms with E-state index in [1.165, 1.54) is 4.90 Å². The van der Waals surface area contributed by atoms with Gasteiger partial charge >= 0.3 is 0 Å². The van der Waals surface area contributed by atoms with Crippen LogP contribution in [0.5, 0.6) is 0 Å². The van der Waals surface area contributed by atoms with Crippen LogP contribution in [0.4, 0.5) is 22.7 Å². The van der Waals surface area contributed by atoms with Gasteiger partial charge in [-0.1, -0.05) is 11.3 Å². The summed E-state index contributed by atoms with van der Waals surface area (Å²) in [4.78, 5) is 20.0. The maximum atomic E-state index is 14.0. The molecule has 3 rings (SSSR count). The van der Waals surface area contributed by atoms with Crippen molar-refractivity contribution in [2.24, 2.45) is 0 Å². The number of hydrogen-bond acceptors (Lipinski definition) is 4. The Morgan fingerprint density at radius 2 is 1.71 bits per heavy atom. The van der Waals surface area contributed by atoms with Crippen LogP contribution in [0.15, 0.2) is 30.3 Å². The molecule has 0 fully saturated rings. The van der Waals surface area contributed by atoms with Crippen LogP contribution in [0.2, 0.25) is 0 Å². The second-order valence-electron chi connectivity index (χ2n) is 6.12. The summed E-state index contributed by atoms with van der Waals surface area (Å²) in [5.74, 6) is -4.41. The molecule has 28 heavy (non-hydrogen) atoms. The summed E-state index contributed by atoms with van der Waals surface area (Å²) in [6, 6.07) is 4.67. The maximum absolute atomic E-state index is 14.0. The molecule has 0 saturated carbocycles. The molecular weight excluding hydrogens is 418 g/mol. The lowest BCUT2D eigenvalue weighted by Gasteiger charge is -2.22. The number of rotatable bonds is 5. The van der Waals surface area contributed by atoms with E-state index in [2.05, 4.69) is 4.98 Å². The van der Waals surface area contributed by atoms with Crippen molar-refractivity contribution in [3.05, 3.63) is 59.2 Å². The number of likely N-dealkylation sites (N-methyl/N-ethyl adjacent to an activating group) is 1. The van der Waals surface area contributed by atoms with Crippen LogP contribution < -0.4 is 4.90 Å². The van der Waals surface area contributed by atoms with Gasteiger partial charge in [-0.3, -0.25) is 9.69 Å². The van der Waals surface area contributed by atoms with Crippen molar-refractivity contribution in [3.63, 3.8) is 0 Å². The van der Waals surface area contributed by atoms with E-state index in [4.69, 9.17) is 0 Å². The van der Waals surface area contributed by atoms with Gasteiger partial charge in [0.05, 0.1) is 4.70 Å². The Balaban J connectivity index is 0.00000280. The number of nitrogens with zero attached hydrogens (tertiary/aromatic N) is 3. The molecule has 0 N–H and O–H groups in total. The Bertz CT molecular complexity index is 1010. The summed E-state index contributed by atoms with van der Waals surface area (Å²) in [5, 5.41) is 0.145. The van der Waals surface area contributed by atoms with Gasteiger partial charge < -0.3 is 4.90 Å². The van der Waals surface area contributed by atoms with Crippen molar-refractivity contribution < 1.29 is 22.4 Å². The van der Waals surface area contributed by atoms with Gasteiger partial charge in [0.1, 0.15) is 11.3 Å². The molecule has 2 aromatic carbocycles. The monoisotopic (exact) mass is 433 g/mol. The molecule has 3 aromatic rings. The van der Waals surface area contributed by atoms with Gasteiger partial charge in [-0.05, 0) is 38.4 Å². The van der Waals surface area contributed by atoms with Crippen LogP contribution >= 0.6 is 23.7 Å². The first-order valence-corrected chi connectivity index (χ1v) is 8.75.